The zero-order chi connectivity index (χ0) is 17.4. The normalized spacial score (nSPS) is 11.8. The van der Waals surface area contributed by atoms with Crippen LogP contribution >= 0.6 is 11.3 Å². The second-order valence-corrected chi connectivity index (χ2v) is 6.58. The predicted octanol–water partition coefficient (Wildman–Crippen LogP) is 0.699. The van der Waals surface area contributed by atoms with Crippen LogP contribution in [0.15, 0.2) is 41.8 Å². The number of nitrogens with one attached hydrogen (secondary N) is 3. The zero-order valence-corrected chi connectivity index (χ0v) is 14.3. The molecule has 0 aliphatic heterocycles. The van der Waals surface area contributed by atoms with Crippen molar-refractivity contribution < 1.29 is 18.9 Å². The molecule has 0 spiro atoms. The second kappa shape index (κ2) is 9.14. The molecule has 2 aromatic rings. The first-order chi connectivity index (χ1) is 11.5. The van der Waals surface area contributed by atoms with Crippen molar-refractivity contribution in [2.75, 3.05) is 32.0 Å². The third-order valence-electron chi connectivity index (χ3n) is 3.33. The fraction of sp³-hybridized carbons (Fsp3) is 0.294. The topological polar surface area (TPSA) is 62.6 Å². The fourth-order valence-corrected chi connectivity index (χ4v) is 2.90. The molecular formula is C17H21FN3O2S+. The molecule has 1 aromatic heterocycles. The monoisotopic (exact) mass is 350 g/mol. The molecule has 2 rings (SSSR count). The summed E-state index contributed by atoms with van der Waals surface area (Å²) in [6, 6.07) is 9.59. The number of rotatable bonds is 8. The van der Waals surface area contributed by atoms with Crippen molar-refractivity contribution >= 4 is 28.8 Å². The molecule has 0 bridgehead atoms. The molecule has 2 amide bonds. The van der Waals surface area contributed by atoms with Gasteiger partial charge in [-0.2, -0.15) is 0 Å². The molecule has 128 valence electrons. The van der Waals surface area contributed by atoms with E-state index in [0.29, 0.717) is 12.2 Å². The molecule has 0 fully saturated rings. The van der Waals surface area contributed by atoms with Crippen molar-refractivity contribution in [3.8, 4) is 0 Å². The zero-order valence-electron chi connectivity index (χ0n) is 13.5. The van der Waals surface area contributed by atoms with E-state index >= 15 is 0 Å². The van der Waals surface area contributed by atoms with Crippen molar-refractivity contribution in [2.45, 2.75) is 6.42 Å². The molecule has 0 saturated heterocycles. The van der Waals surface area contributed by atoms with Crippen LogP contribution in [0.5, 0.6) is 0 Å². The number of anilines is 1. The van der Waals surface area contributed by atoms with E-state index in [2.05, 4.69) is 10.6 Å². The number of hydrogen-bond donors (Lipinski definition) is 3. The lowest BCUT2D eigenvalue weighted by atomic mass is 10.3. The Morgan fingerprint density at radius 1 is 1.12 bits per heavy atom. The molecule has 1 atom stereocenters. The largest absolute Gasteiger partial charge is 0.351 e. The number of thiophene rings is 1. The van der Waals surface area contributed by atoms with Crippen LogP contribution in [0.25, 0.3) is 0 Å². The lowest BCUT2D eigenvalue weighted by Crippen LogP contribution is -3.11. The van der Waals surface area contributed by atoms with Crippen molar-refractivity contribution in [3.63, 3.8) is 0 Å². The van der Waals surface area contributed by atoms with Gasteiger partial charge < -0.3 is 15.5 Å². The van der Waals surface area contributed by atoms with E-state index < -0.39 is 0 Å². The summed E-state index contributed by atoms with van der Waals surface area (Å²) in [5.41, 5.74) is 0.537. The van der Waals surface area contributed by atoms with Gasteiger partial charge in [-0.1, -0.05) is 6.07 Å². The van der Waals surface area contributed by atoms with Gasteiger partial charge in [-0.25, -0.2) is 4.39 Å². The van der Waals surface area contributed by atoms with E-state index in [0.717, 1.165) is 11.3 Å². The first-order valence-corrected chi connectivity index (χ1v) is 8.56. The van der Waals surface area contributed by atoms with Crippen LogP contribution < -0.4 is 15.5 Å². The van der Waals surface area contributed by atoms with E-state index in [9.17, 15) is 14.0 Å². The predicted molar refractivity (Wildman–Crippen MR) is 92.7 cm³/mol. The van der Waals surface area contributed by atoms with Crippen molar-refractivity contribution in [1.29, 1.82) is 0 Å². The molecule has 0 saturated carbocycles. The Labute approximate surface area is 144 Å². The van der Waals surface area contributed by atoms with Crippen molar-refractivity contribution in [3.05, 3.63) is 52.5 Å². The summed E-state index contributed by atoms with van der Waals surface area (Å²) in [5, 5.41) is 7.54. The average molecular weight is 350 g/mol. The second-order valence-electron chi connectivity index (χ2n) is 5.55. The summed E-state index contributed by atoms with van der Waals surface area (Å²) in [6.07, 6.45) is 0.813. The number of quaternary nitrogens is 1. The maximum Gasteiger partial charge on any atom is 0.279 e. The fourth-order valence-electron chi connectivity index (χ4n) is 2.19. The van der Waals surface area contributed by atoms with Crippen LogP contribution in [0.3, 0.4) is 0 Å². The molecule has 7 heteroatoms. The minimum absolute atomic E-state index is 0.0846. The highest BCUT2D eigenvalue weighted by molar-refractivity contribution is 7.09. The number of amides is 2. The molecular weight excluding hydrogens is 329 g/mol. The average Bonchev–Trinajstić information content (AvgIpc) is 3.02. The van der Waals surface area contributed by atoms with E-state index in [-0.39, 0.29) is 30.7 Å². The Hall–Kier alpha value is -2.25. The third kappa shape index (κ3) is 6.47. The lowest BCUT2D eigenvalue weighted by molar-refractivity contribution is -0.862. The minimum atomic E-state index is -0.352. The van der Waals surface area contributed by atoms with Gasteiger partial charge >= 0.3 is 0 Å². The van der Waals surface area contributed by atoms with Gasteiger partial charge in [0, 0.05) is 17.1 Å². The van der Waals surface area contributed by atoms with Crippen LogP contribution in [-0.2, 0) is 16.0 Å². The maximum absolute atomic E-state index is 12.8. The van der Waals surface area contributed by atoms with Gasteiger partial charge in [-0.15, -0.1) is 11.3 Å². The highest BCUT2D eigenvalue weighted by atomic mass is 32.1. The van der Waals surface area contributed by atoms with Crippen LogP contribution in [0.1, 0.15) is 4.88 Å². The van der Waals surface area contributed by atoms with Crippen molar-refractivity contribution in [1.82, 2.24) is 5.32 Å². The molecule has 1 heterocycles. The summed E-state index contributed by atoms with van der Waals surface area (Å²) < 4.78 is 12.8. The number of benzene rings is 1. The molecule has 24 heavy (non-hydrogen) atoms. The summed E-state index contributed by atoms with van der Waals surface area (Å²) >= 11 is 1.67. The molecule has 5 nitrogen and oxygen atoms in total. The highest BCUT2D eigenvalue weighted by Crippen LogP contribution is 2.08. The number of carbonyl (C=O) groups excluding carboxylic acids is 2. The van der Waals surface area contributed by atoms with E-state index in [4.69, 9.17) is 0 Å². The molecule has 0 aliphatic carbocycles. The van der Waals surface area contributed by atoms with Crippen LogP contribution in [0.4, 0.5) is 10.1 Å². The lowest BCUT2D eigenvalue weighted by Gasteiger charge is -2.13. The van der Waals surface area contributed by atoms with Crippen LogP contribution in [-0.4, -0.2) is 38.5 Å². The van der Waals surface area contributed by atoms with Gasteiger partial charge in [0.15, 0.2) is 13.1 Å². The van der Waals surface area contributed by atoms with Gasteiger partial charge in [-0.05, 0) is 42.1 Å². The quantitative estimate of drug-likeness (QED) is 0.656. The SMILES string of the molecule is C[NH+](CC(=O)NCCc1cccs1)CC(=O)Nc1ccc(F)cc1. The number of carbonyl (C=O) groups is 2. The van der Waals surface area contributed by atoms with Gasteiger partial charge in [0.25, 0.3) is 11.8 Å². The number of hydrogen-bond acceptors (Lipinski definition) is 3. The van der Waals surface area contributed by atoms with Gasteiger partial charge in [-0.3, -0.25) is 9.59 Å². The Morgan fingerprint density at radius 2 is 1.83 bits per heavy atom. The van der Waals surface area contributed by atoms with Crippen molar-refractivity contribution in [2.24, 2.45) is 0 Å². The van der Waals surface area contributed by atoms with Crippen LogP contribution in [0.2, 0.25) is 0 Å². The minimum Gasteiger partial charge on any atom is -0.351 e. The first-order valence-electron chi connectivity index (χ1n) is 7.69. The molecule has 0 aliphatic rings. The Bertz CT molecular complexity index is 659. The molecule has 1 unspecified atom stereocenters. The summed E-state index contributed by atoms with van der Waals surface area (Å²) in [5.74, 6) is -0.654. The van der Waals surface area contributed by atoms with E-state index in [1.807, 2.05) is 17.5 Å². The van der Waals surface area contributed by atoms with Gasteiger partial charge in [0.1, 0.15) is 5.82 Å². The summed E-state index contributed by atoms with van der Waals surface area (Å²) in [4.78, 5) is 25.8. The molecule has 1 aromatic carbocycles. The summed E-state index contributed by atoms with van der Waals surface area (Å²) in [6.45, 7) is 0.978. The number of likely N-dealkylation sites (N-methyl/N-ethyl adjacent to an activating group) is 1. The van der Waals surface area contributed by atoms with E-state index in [1.54, 1.807) is 18.4 Å². The van der Waals surface area contributed by atoms with Gasteiger partial charge in [0.2, 0.25) is 0 Å². The smallest absolute Gasteiger partial charge is 0.279 e. The first kappa shape index (κ1) is 18.1. The Morgan fingerprint density at radius 3 is 2.50 bits per heavy atom. The van der Waals surface area contributed by atoms with Gasteiger partial charge in [0.05, 0.1) is 7.05 Å². The van der Waals surface area contributed by atoms with E-state index in [1.165, 1.54) is 29.1 Å². The summed E-state index contributed by atoms with van der Waals surface area (Å²) in [7, 11) is 1.78. The maximum atomic E-state index is 12.8. The Balaban J connectivity index is 1.65. The van der Waals surface area contributed by atoms with Crippen LogP contribution in [0, 0.1) is 5.82 Å². The molecule has 0 radical (unpaired) electrons. The third-order valence-corrected chi connectivity index (χ3v) is 4.26. The molecule has 3 N–H and O–H groups in total. The standard InChI is InChI=1S/C17H20FN3O2S/c1-21(11-16(22)19-9-8-15-3-2-10-24-15)12-17(23)20-14-6-4-13(18)5-7-14/h2-7,10H,8-9,11-12H2,1H3,(H,19,22)(H,20,23)/p+1. The number of halogens is 1. The Kier molecular flexibility index (Phi) is 6.89. The highest BCUT2D eigenvalue weighted by Gasteiger charge is 2.14.